The van der Waals surface area contributed by atoms with E-state index in [0.29, 0.717) is 6.07 Å². The van der Waals surface area contributed by atoms with Crippen LogP contribution in [0.15, 0.2) is 72.8 Å². The lowest BCUT2D eigenvalue weighted by molar-refractivity contribution is -0.120. The topological polar surface area (TPSA) is 284 Å². The van der Waals surface area contributed by atoms with Crippen LogP contribution in [0.2, 0.25) is 0 Å². The Labute approximate surface area is 591 Å². The van der Waals surface area contributed by atoms with Crippen molar-refractivity contribution >= 4 is 93.5 Å². The molecule has 4 aromatic rings. The van der Waals surface area contributed by atoms with E-state index in [1.165, 1.54) is 52.8 Å². The van der Waals surface area contributed by atoms with Gasteiger partial charge in [0.2, 0.25) is 23.6 Å². The van der Waals surface area contributed by atoms with Crippen LogP contribution in [0.25, 0.3) is 0 Å². The number of amides is 8. The fraction of sp³-hybridized carbons (Fsp3) is 0.500. The van der Waals surface area contributed by atoms with Crippen molar-refractivity contribution in [1.29, 1.82) is 0 Å². The number of rotatable bonds is 16. The third-order valence-corrected chi connectivity index (χ3v) is 13.6. The normalized spacial score (nSPS) is 31.8. The van der Waals surface area contributed by atoms with Gasteiger partial charge in [0, 0.05) is 79.9 Å². The van der Waals surface area contributed by atoms with Crippen molar-refractivity contribution < 1.29 is 132 Å². The fourth-order valence-corrected chi connectivity index (χ4v) is 9.20. The van der Waals surface area contributed by atoms with Crippen LogP contribution in [-0.2, 0) is 57.1 Å². The van der Waals surface area contributed by atoms with E-state index in [-0.39, 0.29) is 102 Å². The quantitative estimate of drug-likeness (QED) is 0.0888. The van der Waals surface area contributed by atoms with E-state index >= 15 is 8.78 Å². The van der Waals surface area contributed by atoms with E-state index in [1.54, 1.807) is 0 Å². The number of nitrogens with zero attached hydrogens (tertiary/aromatic N) is 8. The largest absolute Gasteiger partial charge is 0.442 e. The monoisotopic (exact) mass is 1380 g/mol. The lowest BCUT2D eigenvalue weighted by Crippen LogP contribution is -2.36. The second-order valence-electron chi connectivity index (χ2n) is 20.5. The van der Waals surface area contributed by atoms with Crippen LogP contribution in [0.1, 0.15) is 66.1 Å². The summed E-state index contributed by atoms with van der Waals surface area (Å²) in [6.07, 6.45) is -7.49. The molecule has 0 spiro atoms. The molecule has 0 unspecified atom stereocenters. The SMILES string of the molecule is [2H]C([2H])(NC(C)=O)[C@H]1CN(c2ccc(N3C([2H])([2H])C([2H])([2H])OC([2H])([2H])C3([2H])[2H])c(F)c2)C(=O)O1.[2H]C1([2H])CN(c2ccc(N3C[C@H](C([2H])([2H])NC(C)=O)OC3=O)cc2F)CC([2H])([2H])O1.[2H]C1([2H])CN(c2ccc(N3C[C@H](CNC(C)=O)OC3=O)cc2F)CC([2H])([2H])O1.[2H]C1([2H])OC([2H])([2H])C([2H])([2H])N(c2ccc(N3C[C@H](CNC(C)=O)OC3=O)cc2F)C1([2H])[2H]. The molecular weight excluding hydrogens is 1270 g/mol. The minimum atomic E-state index is -3.38. The Morgan fingerprint density at radius 3 is 0.917 bits per heavy atom. The highest BCUT2D eigenvalue weighted by Gasteiger charge is 2.37. The number of morpholine rings is 4. The second-order valence-corrected chi connectivity index (χ2v) is 20.5. The lowest BCUT2D eigenvalue weighted by atomic mass is 10.2. The molecule has 8 aliphatic rings. The fourth-order valence-electron chi connectivity index (χ4n) is 9.20. The summed E-state index contributed by atoms with van der Waals surface area (Å²) >= 11 is 0. The molecule has 4 aromatic carbocycles. The van der Waals surface area contributed by atoms with E-state index in [1.807, 2.05) is 5.32 Å². The Morgan fingerprint density at radius 2 is 0.646 bits per heavy atom. The highest BCUT2D eigenvalue weighted by Crippen LogP contribution is 2.33. The molecule has 8 amide bonds. The molecule has 12 rings (SSSR count). The Morgan fingerprint density at radius 1 is 0.396 bits per heavy atom. The number of hydrogen-bond donors (Lipinski definition) is 4. The van der Waals surface area contributed by atoms with Gasteiger partial charge in [-0.3, -0.25) is 38.8 Å². The molecule has 4 N–H and O–H groups in total. The van der Waals surface area contributed by atoms with Gasteiger partial charge in [-0.1, -0.05) is 0 Å². The van der Waals surface area contributed by atoms with Gasteiger partial charge in [-0.15, -0.1) is 0 Å². The van der Waals surface area contributed by atoms with Crippen LogP contribution in [0.3, 0.4) is 0 Å². The van der Waals surface area contributed by atoms with E-state index in [0.717, 1.165) is 71.0 Å². The van der Waals surface area contributed by atoms with Crippen LogP contribution in [0, 0.1) is 23.3 Å². The van der Waals surface area contributed by atoms with Crippen molar-refractivity contribution in [3.05, 3.63) is 96.1 Å². The molecule has 0 aliphatic carbocycles. The molecule has 0 radical (unpaired) electrons. The molecule has 8 fully saturated rings. The molecule has 4 atom stereocenters. The second kappa shape index (κ2) is 33.8. The van der Waals surface area contributed by atoms with Crippen LogP contribution >= 0.6 is 0 Å². The standard InChI is InChI=1S/4C16H20FN3O4/c4*1-11(21)18-9-13-10-20(16(22)24-13)12-2-3-15(14(17)8-12)19-4-6-23-7-5-19/h4*2-3,8,13H,4-7,9-10H2,1H3,(H,18,21)/t4*13-/m0000/s1/i4D2,5D2,6D2,7D2,9D2;4D2,5D2,6D2,7D2;6D2,7D2,9D2;6D2,7D2. The first-order valence-electron chi connectivity index (χ1n) is 42.5. The highest BCUT2D eigenvalue weighted by molar-refractivity contribution is 5.92. The zero-order valence-electron chi connectivity index (χ0n) is 78.9. The number of benzene rings is 4. The summed E-state index contributed by atoms with van der Waals surface area (Å²) in [5.74, 6) is -6.08. The molecule has 8 saturated heterocycles. The van der Waals surface area contributed by atoms with E-state index < -0.39 is 206 Å². The summed E-state index contributed by atoms with van der Waals surface area (Å²) in [6, 6.07) is 13.0. The predicted molar refractivity (Wildman–Crippen MR) is 343 cm³/mol. The number of cyclic esters (lactones) is 4. The van der Waals surface area contributed by atoms with Gasteiger partial charge in [0.15, 0.2) is 0 Å². The summed E-state index contributed by atoms with van der Waals surface area (Å²) < 4.78 is 317. The minimum Gasteiger partial charge on any atom is -0.442 e. The molecular formula is C64H80F4N12O16. The first-order chi connectivity index (χ1) is 56.4. The van der Waals surface area contributed by atoms with Crippen molar-refractivity contribution in [2.45, 2.75) is 52.1 Å². The number of halogens is 4. The number of anilines is 8. The Hall–Kier alpha value is -9.40. The number of carbonyl (C=O) groups excluding carboxylic acids is 8. The third kappa shape index (κ3) is 19.4. The molecule has 8 aliphatic heterocycles. The van der Waals surface area contributed by atoms with Gasteiger partial charge in [0.25, 0.3) is 0 Å². The smallest absolute Gasteiger partial charge is 0.414 e. The maximum absolute atomic E-state index is 15.1. The Balaban J connectivity index is 0.000000188. The van der Waals surface area contributed by atoms with Gasteiger partial charge in [-0.05, 0) is 72.8 Å². The molecule has 0 bridgehead atoms. The summed E-state index contributed by atoms with van der Waals surface area (Å²) in [7, 11) is 0. The van der Waals surface area contributed by atoms with E-state index in [9.17, 15) is 47.1 Å². The maximum atomic E-state index is 15.1. The summed E-state index contributed by atoms with van der Waals surface area (Å²) in [5, 5.41) is 9.09. The van der Waals surface area contributed by atoms with Crippen molar-refractivity contribution in [3.63, 3.8) is 0 Å². The third-order valence-electron chi connectivity index (χ3n) is 13.6. The van der Waals surface area contributed by atoms with Gasteiger partial charge in [0.1, 0.15) is 47.7 Å². The lowest BCUT2D eigenvalue weighted by Gasteiger charge is -2.29. The van der Waals surface area contributed by atoms with Crippen molar-refractivity contribution in [1.82, 2.24) is 21.3 Å². The van der Waals surface area contributed by atoms with E-state index in [4.69, 9.17) is 66.8 Å². The van der Waals surface area contributed by atoms with Gasteiger partial charge in [0.05, 0.1) is 189 Å². The van der Waals surface area contributed by atoms with Crippen LogP contribution in [-0.4, -0.2) is 229 Å². The van der Waals surface area contributed by atoms with Crippen molar-refractivity contribution in [2.75, 3.05) is 196 Å². The number of hydrogen-bond acceptors (Lipinski definition) is 20. The Kier molecular flexibility index (Phi) is 14.9. The van der Waals surface area contributed by atoms with Crippen molar-refractivity contribution in [3.8, 4) is 0 Å². The zero-order chi connectivity index (χ0) is 93.5. The van der Waals surface area contributed by atoms with E-state index in [2.05, 4.69) is 25.4 Å². The number of ether oxygens (including phenoxy) is 8. The zero-order valence-corrected chi connectivity index (χ0v) is 50.9. The number of carbonyl (C=O) groups is 8. The molecule has 8 heterocycles. The van der Waals surface area contributed by atoms with Crippen LogP contribution in [0.4, 0.5) is 82.2 Å². The first-order valence-corrected chi connectivity index (χ1v) is 28.5. The van der Waals surface area contributed by atoms with Crippen LogP contribution in [0.5, 0.6) is 0 Å². The first kappa shape index (κ1) is 42.2. The molecule has 32 heteroatoms. The molecule has 0 saturated carbocycles. The minimum absolute atomic E-state index is 0.00200. The number of nitrogens with one attached hydrogen (secondary N) is 4. The van der Waals surface area contributed by atoms with Crippen LogP contribution < -0.4 is 60.5 Å². The molecule has 0 aromatic heterocycles. The Bertz CT molecular complexity index is 4710. The summed E-state index contributed by atoms with van der Waals surface area (Å²) in [6.45, 7) is -37.8. The van der Waals surface area contributed by atoms with Gasteiger partial charge in [-0.25, -0.2) is 36.7 Å². The molecule has 96 heavy (non-hydrogen) atoms. The van der Waals surface area contributed by atoms with Gasteiger partial charge < -0.3 is 78.8 Å². The average Bonchev–Trinajstić information content (AvgIpc) is 0.828. The predicted octanol–water partition coefficient (Wildman–Crippen LogP) is 4.49. The highest BCUT2D eigenvalue weighted by atomic mass is 19.1. The van der Waals surface area contributed by atoms with Gasteiger partial charge >= 0.3 is 24.4 Å². The molecule has 28 nitrogen and oxygen atoms in total. The van der Waals surface area contributed by atoms with Gasteiger partial charge in [-0.2, -0.15) is 0 Å². The summed E-state index contributed by atoms with van der Waals surface area (Å²) in [4.78, 5) is 99.4. The molecule has 520 valence electrons. The average molecular weight is 1380 g/mol. The summed E-state index contributed by atoms with van der Waals surface area (Å²) in [5.41, 5.74) is -1.59. The maximum Gasteiger partial charge on any atom is 0.414 e. The van der Waals surface area contributed by atoms with Crippen molar-refractivity contribution in [2.24, 2.45) is 0 Å².